The minimum atomic E-state index is -4.59. The fourth-order valence-corrected chi connectivity index (χ4v) is 2.91. The first-order valence-electron chi connectivity index (χ1n) is 7.68. The molecular formula is C14H19F3N6. The number of alkyl halides is 3. The lowest BCUT2D eigenvalue weighted by molar-refractivity contribution is -0.144. The monoisotopic (exact) mass is 328 g/mol. The maximum absolute atomic E-state index is 12.9. The number of anilines is 1. The zero-order valence-corrected chi connectivity index (χ0v) is 12.8. The lowest BCUT2D eigenvalue weighted by atomic mass is 10.0. The molecule has 1 aliphatic rings. The number of hydrogen-bond donors (Lipinski definition) is 2. The molecule has 2 aromatic rings. The third kappa shape index (κ3) is 3.72. The molecule has 2 N–H and O–H groups in total. The van der Waals surface area contributed by atoms with E-state index in [0.29, 0.717) is 18.0 Å². The Bertz CT molecular complexity index is 668. The van der Waals surface area contributed by atoms with Crippen molar-refractivity contribution in [3.05, 3.63) is 12.2 Å². The number of hydrogen-bond acceptors (Lipinski definition) is 5. The number of imidazole rings is 1. The van der Waals surface area contributed by atoms with Crippen molar-refractivity contribution >= 4 is 17.0 Å². The van der Waals surface area contributed by atoms with Crippen molar-refractivity contribution in [1.29, 1.82) is 0 Å². The number of nitrogens with one attached hydrogen (secondary N) is 2. The van der Waals surface area contributed by atoms with Gasteiger partial charge in [0.1, 0.15) is 5.52 Å². The van der Waals surface area contributed by atoms with E-state index in [4.69, 9.17) is 0 Å². The average molecular weight is 328 g/mol. The summed E-state index contributed by atoms with van der Waals surface area (Å²) in [6.45, 7) is 5.57. The molecule has 6 nitrogen and oxygen atoms in total. The van der Waals surface area contributed by atoms with Crippen molar-refractivity contribution in [3.8, 4) is 0 Å². The highest BCUT2D eigenvalue weighted by atomic mass is 19.4. The molecule has 0 amide bonds. The molecule has 1 atom stereocenters. The minimum absolute atomic E-state index is 0.0152. The Morgan fingerprint density at radius 2 is 2.22 bits per heavy atom. The first kappa shape index (κ1) is 16.0. The molecule has 126 valence electrons. The van der Waals surface area contributed by atoms with Gasteiger partial charge in [0.05, 0.1) is 6.33 Å². The summed E-state index contributed by atoms with van der Waals surface area (Å²) in [6.07, 6.45) is -0.875. The van der Waals surface area contributed by atoms with Gasteiger partial charge in [-0.25, -0.2) is 15.0 Å². The predicted molar refractivity (Wildman–Crippen MR) is 80.0 cm³/mol. The van der Waals surface area contributed by atoms with Crippen LogP contribution in [0.15, 0.2) is 6.33 Å². The van der Waals surface area contributed by atoms with Crippen LogP contribution in [0.1, 0.15) is 25.6 Å². The Morgan fingerprint density at radius 3 is 2.96 bits per heavy atom. The number of H-pyrrole nitrogens is 1. The largest absolute Gasteiger partial charge is 0.451 e. The van der Waals surface area contributed by atoms with Crippen LogP contribution in [0.5, 0.6) is 0 Å². The van der Waals surface area contributed by atoms with Crippen LogP contribution in [-0.4, -0.2) is 51.0 Å². The quantitative estimate of drug-likeness (QED) is 0.902. The van der Waals surface area contributed by atoms with Gasteiger partial charge in [0.2, 0.25) is 5.82 Å². The first-order valence-corrected chi connectivity index (χ1v) is 7.68. The molecule has 0 aliphatic carbocycles. The van der Waals surface area contributed by atoms with E-state index in [1.807, 2.05) is 0 Å². The van der Waals surface area contributed by atoms with E-state index in [1.54, 1.807) is 0 Å². The molecule has 0 saturated carbocycles. The fraction of sp³-hybridized carbons (Fsp3) is 0.643. The van der Waals surface area contributed by atoms with Crippen molar-refractivity contribution < 1.29 is 13.2 Å². The Balaban J connectivity index is 1.70. The SMILES string of the molecule is C[C@H]1CCCN(CCNc2nc(C(F)(F)F)nc3nc[nH]c23)C1. The third-order valence-electron chi connectivity index (χ3n) is 4.00. The second-order valence-electron chi connectivity index (χ2n) is 5.97. The van der Waals surface area contributed by atoms with E-state index in [2.05, 4.69) is 37.1 Å². The summed E-state index contributed by atoms with van der Waals surface area (Å²) in [6, 6.07) is 0. The number of rotatable bonds is 4. The van der Waals surface area contributed by atoms with Crippen LogP contribution in [0.2, 0.25) is 0 Å². The Labute approximate surface area is 131 Å². The van der Waals surface area contributed by atoms with E-state index in [-0.39, 0.29) is 11.5 Å². The standard InChI is InChI=1S/C14H19F3N6/c1-9-3-2-5-23(7-9)6-4-18-11-10-12(20-8-19-10)22-13(21-11)14(15,16)17/h8-9H,2-7H2,1H3,(H2,18,19,20,21,22)/t9-/m0/s1. The van der Waals surface area contributed by atoms with Crippen molar-refractivity contribution in [2.75, 3.05) is 31.5 Å². The number of fused-ring (bicyclic) bond motifs is 1. The highest BCUT2D eigenvalue weighted by Gasteiger charge is 2.36. The molecule has 1 fully saturated rings. The summed E-state index contributed by atoms with van der Waals surface area (Å²) in [5.41, 5.74) is 0.409. The number of aromatic amines is 1. The molecule has 1 aliphatic heterocycles. The Morgan fingerprint density at radius 1 is 1.39 bits per heavy atom. The average Bonchev–Trinajstić information content (AvgIpc) is 2.95. The van der Waals surface area contributed by atoms with Gasteiger partial charge in [-0.15, -0.1) is 0 Å². The number of piperidine rings is 1. The third-order valence-corrected chi connectivity index (χ3v) is 4.00. The molecule has 3 heterocycles. The van der Waals surface area contributed by atoms with Gasteiger partial charge in [-0.3, -0.25) is 0 Å². The first-order chi connectivity index (χ1) is 10.9. The zero-order valence-electron chi connectivity index (χ0n) is 12.8. The smallest absolute Gasteiger partial charge is 0.367 e. The molecule has 23 heavy (non-hydrogen) atoms. The van der Waals surface area contributed by atoms with E-state index >= 15 is 0 Å². The summed E-state index contributed by atoms with van der Waals surface area (Å²) in [5.74, 6) is -0.366. The van der Waals surface area contributed by atoms with Crippen molar-refractivity contribution in [3.63, 3.8) is 0 Å². The number of nitrogens with zero attached hydrogens (tertiary/aromatic N) is 4. The van der Waals surface area contributed by atoms with E-state index in [9.17, 15) is 13.2 Å². The van der Waals surface area contributed by atoms with Crippen LogP contribution in [-0.2, 0) is 6.18 Å². The van der Waals surface area contributed by atoms with Crippen LogP contribution in [0.3, 0.4) is 0 Å². The fourth-order valence-electron chi connectivity index (χ4n) is 2.91. The maximum atomic E-state index is 12.9. The summed E-state index contributed by atoms with van der Waals surface area (Å²) >= 11 is 0. The molecule has 0 aromatic carbocycles. The van der Waals surface area contributed by atoms with Crippen molar-refractivity contribution in [2.45, 2.75) is 25.9 Å². The van der Waals surface area contributed by atoms with Crippen molar-refractivity contribution in [1.82, 2.24) is 24.8 Å². The van der Waals surface area contributed by atoms with Crippen LogP contribution in [0.4, 0.5) is 19.0 Å². The van der Waals surface area contributed by atoms with Gasteiger partial charge in [-0.05, 0) is 25.3 Å². The van der Waals surface area contributed by atoms with Gasteiger partial charge in [0.15, 0.2) is 11.5 Å². The summed E-state index contributed by atoms with van der Waals surface area (Å²) < 4.78 is 38.6. The van der Waals surface area contributed by atoms with Gasteiger partial charge in [-0.2, -0.15) is 13.2 Å². The summed E-state index contributed by atoms with van der Waals surface area (Å²) in [5, 5.41) is 2.98. The predicted octanol–water partition coefficient (Wildman–Crippen LogP) is 2.52. The molecule has 0 radical (unpaired) electrons. The molecule has 2 aromatic heterocycles. The molecule has 3 rings (SSSR count). The van der Waals surface area contributed by atoms with E-state index in [1.165, 1.54) is 12.7 Å². The number of likely N-dealkylation sites (tertiary alicyclic amines) is 1. The molecule has 9 heteroatoms. The van der Waals surface area contributed by atoms with Gasteiger partial charge in [0, 0.05) is 19.6 Å². The summed E-state index contributed by atoms with van der Waals surface area (Å²) in [7, 11) is 0. The van der Waals surface area contributed by atoms with Gasteiger partial charge in [0.25, 0.3) is 0 Å². The topological polar surface area (TPSA) is 69.7 Å². The lowest BCUT2D eigenvalue weighted by Gasteiger charge is -2.30. The van der Waals surface area contributed by atoms with Crippen LogP contribution in [0, 0.1) is 5.92 Å². The van der Waals surface area contributed by atoms with Crippen LogP contribution in [0.25, 0.3) is 11.2 Å². The second kappa shape index (κ2) is 6.31. The Hall–Kier alpha value is -1.90. The molecular weight excluding hydrogens is 309 g/mol. The molecule has 0 bridgehead atoms. The number of aromatic nitrogens is 4. The van der Waals surface area contributed by atoms with E-state index < -0.39 is 12.0 Å². The highest BCUT2D eigenvalue weighted by molar-refractivity contribution is 5.82. The van der Waals surface area contributed by atoms with Gasteiger partial charge < -0.3 is 15.2 Å². The van der Waals surface area contributed by atoms with Crippen molar-refractivity contribution in [2.24, 2.45) is 5.92 Å². The van der Waals surface area contributed by atoms with Crippen LogP contribution < -0.4 is 5.32 Å². The molecule has 1 saturated heterocycles. The van der Waals surface area contributed by atoms with E-state index in [0.717, 1.165) is 26.1 Å². The number of halogens is 3. The van der Waals surface area contributed by atoms with Crippen LogP contribution >= 0.6 is 0 Å². The Kier molecular flexibility index (Phi) is 4.38. The summed E-state index contributed by atoms with van der Waals surface area (Å²) in [4.78, 5) is 16.0. The second-order valence-corrected chi connectivity index (χ2v) is 5.97. The molecule has 0 unspecified atom stereocenters. The normalized spacial score (nSPS) is 20.1. The zero-order chi connectivity index (χ0) is 16.4. The minimum Gasteiger partial charge on any atom is -0.367 e. The highest BCUT2D eigenvalue weighted by Crippen LogP contribution is 2.29. The van der Waals surface area contributed by atoms with Gasteiger partial charge >= 0.3 is 6.18 Å². The maximum Gasteiger partial charge on any atom is 0.451 e. The lowest BCUT2D eigenvalue weighted by Crippen LogP contribution is -2.37. The molecule has 0 spiro atoms. The van der Waals surface area contributed by atoms with Gasteiger partial charge in [-0.1, -0.05) is 6.92 Å².